The normalized spacial score (nSPS) is 29.6. The molecule has 0 radical (unpaired) electrons. The predicted molar refractivity (Wildman–Crippen MR) is 86.9 cm³/mol. The van der Waals surface area contributed by atoms with Crippen molar-refractivity contribution in [3.63, 3.8) is 0 Å². The highest BCUT2D eigenvalue weighted by molar-refractivity contribution is 5.68. The second kappa shape index (κ2) is 6.11. The van der Waals surface area contributed by atoms with Gasteiger partial charge in [0.05, 0.1) is 0 Å². The van der Waals surface area contributed by atoms with E-state index in [1.807, 2.05) is 32.9 Å². The van der Waals surface area contributed by atoms with Gasteiger partial charge in [0, 0.05) is 18.1 Å². The Balaban J connectivity index is 1.37. The number of alkyl carbamates (subject to hydrolysis) is 1. The number of carbonyl (C=O) groups excluding carboxylic acids is 1. The fourth-order valence-corrected chi connectivity index (χ4v) is 3.11. The van der Waals surface area contributed by atoms with Crippen LogP contribution in [-0.2, 0) is 4.74 Å². The van der Waals surface area contributed by atoms with Gasteiger partial charge < -0.3 is 15.4 Å². The minimum Gasteiger partial charge on any atom is -0.444 e. The summed E-state index contributed by atoms with van der Waals surface area (Å²) in [6.07, 6.45) is 2.48. The molecule has 4 nitrogen and oxygen atoms in total. The minimum atomic E-state index is -0.469. The van der Waals surface area contributed by atoms with Crippen LogP contribution in [0.25, 0.3) is 0 Å². The zero-order valence-electron chi connectivity index (χ0n) is 13.9. The zero-order chi connectivity index (χ0) is 16.6. The number of rotatable bonds is 4. The van der Waals surface area contributed by atoms with Crippen LogP contribution < -0.4 is 10.6 Å². The molecule has 1 amide bonds. The maximum absolute atomic E-state index is 13.7. The van der Waals surface area contributed by atoms with Gasteiger partial charge in [0.2, 0.25) is 0 Å². The Labute approximate surface area is 136 Å². The Morgan fingerprint density at radius 1 is 1.17 bits per heavy atom. The maximum atomic E-state index is 13.7. The fourth-order valence-electron chi connectivity index (χ4n) is 3.11. The van der Waals surface area contributed by atoms with Crippen LogP contribution in [0.5, 0.6) is 0 Å². The summed E-state index contributed by atoms with van der Waals surface area (Å²) in [6, 6.07) is 7.89. The highest BCUT2D eigenvalue weighted by atomic mass is 19.1. The molecule has 126 valence electrons. The van der Waals surface area contributed by atoms with Gasteiger partial charge in [0.15, 0.2) is 0 Å². The largest absolute Gasteiger partial charge is 0.444 e. The second-order valence-electron chi connectivity index (χ2n) is 7.65. The van der Waals surface area contributed by atoms with E-state index >= 15 is 0 Å². The first-order valence-corrected chi connectivity index (χ1v) is 8.32. The van der Waals surface area contributed by atoms with Crippen LogP contribution in [0.15, 0.2) is 24.3 Å². The first kappa shape index (κ1) is 16.2. The Bertz CT molecular complexity index is 579. The molecule has 5 heteroatoms. The quantitative estimate of drug-likeness (QED) is 0.895. The van der Waals surface area contributed by atoms with Crippen molar-refractivity contribution >= 4 is 6.09 Å². The van der Waals surface area contributed by atoms with Crippen molar-refractivity contribution in [3.05, 3.63) is 35.6 Å². The molecule has 1 aromatic rings. The van der Waals surface area contributed by atoms with E-state index in [2.05, 4.69) is 10.6 Å². The van der Waals surface area contributed by atoms with Crippen molar-refractivity contribution in [1.82, 2.24) is 10.6 Å². The molecule has 2 atom stereocenters. The van der Waals surface area contributed by atoms with E-state index in [0.29, 0.717) is 18.0 Å². The lowest BCUT2D eigenvalue weighted by atomic mass is 9.75. The molecule has 1 aromatic carbocycles. The van der Waals surface area contributed by atoms with E-state index in [4.69, 9.17) is 4.74 Å². The van der Waals surface area contributed by atoms with Crippen LogP contribution >= 0.6 is 0 Å². The van der Waals surface area contributed by atoms with E-state index < -0.39 is 5.60 Å². The lowest BCUT2D eigenvalue weighted by molar-refractivity contribution is 0.0521. The number of amides is 1. The minimum absolute atomic E-state index is 0.105. The number of hydrogen-bond acceptors (Lipinski definition) is 3. The molecule has 23 heavy (non-hydrogen) atoms. The molecule has 2 aliphatic carbocycles. The number of nitrogens with one attached hydrogen (secondary N) is 2. The summed E-state index contributed by atoms with van der Waals surface area (Å²) in [6.45, 7) is 5.56. The van der Waals surface area contributed by atoms with E-state index in [-0.39, 0.29) is 18.0 Å². The Hall–Kier alpha value is -1.62. The van der Waals surface area contributed by atoms with Gasteiger partial charge in [-0.05, 0) is 57.6 Å². The number of carbonyl (C=O) groups is 1. The van der Waals surface area contributed by atoms with Crippen molar-refractivity contribution < 1.29 is 13.9 Å². The number of hydrogen-bond donors (Lipinski definition) is 2. The van der Waals surface area contributed by atoms with Crippen LogP contribution in [0, 0.1) is 5.82 Å². The molecule has 2 unspecified atom stereocenters. The zero-order valence-corrected chi connectivity index (χ0v) is 13.9. The highest BCUT2D eigenvalue weighted by Crippen LogP contribution is 2.39. The van der Waals surface area contributed by atoms with Crippen LogP contribution in [0.1, 0.15) is 51.5 Å². The topological polar surface area (TPSA) is 50.4 Å². The summed E-state index contributed by atoms with van der Waals surface area (Å²) in [5.41, 5.74) is 0.354. The molecule has 0 aromatic heterocycles. The molecule has 0 spiro atoms. The summed E-state index contributed by atoms with van der Waals surface area (Å²) in [7, 11) is 0. The van der Waals surface area contributed by atoms with Crippen molar-refractivity contribution in [3.8, 4) is 0 Å². The smallest absolute Gasteiger partial charge is 0.407 e. The molecule has 3 rings (SSSR count). The van der Waals surface area contributed by atoms with Crippen molar-refractivity contribution in [2.75, 3.05) is 0 Å². The molecule has 0 bridgehead atoms. The lowest BCUT2D eigenvalue weighted by Gasteiger charge is -2.36. The number of halogens is 1. The van der Waals surface area contributed by atoms with E-state index in [1.54, 1.807) is 6.07 Å². The molecule has 0 heterocycles. The maximum Gasteiger partial charge on any atom is 0.407 e. The lowest BCUT2D eigenvalue weighted by Crippen LogP contribution is -2.44. The third kappa shape index (κ3) is 4.22. The summed E-state index contributed by atoms with van der Waals surface area (Å²) >= 11 is 0. The molecule has 0 aliphatic heterocycles. The van der Waals surface area contributed by atoms with E-state index in [0.717, 1.165) is 24.8 Å². The van der Waals surface area contributed by atoms with Gasteiger partial charge in [-0.1, -0.05) is 18.2 Å². The average Bonchev–Trinajstić information content (AvgIpc) is 3.10. The van der Waals surface area contributed by atoms with Gasteiger partial charge in [-0.25, -0.2) is 9.18 Å². The first-order valence-electron chi connectivity index (χ1n) is 8.32. The van der Waals surface area contributed by atoms with Gasteiger partial charge in [-0.3, -0.25) is 0 Å². The van der Waals surface area contributed by atoms with Crippen LogP contribution in [0.4, 0.5) is 9.18 Å². The molecular weight excluding hydrogens is 295 g/mol. The van der Waals surface area contributed by atoms with Gasteiger partial charge in [-0.15, -0.1) is 0 Å². The summed E-state index contributed by atoms with van der Waals surface area (Å²) in [5, 5.41) is 6.42. The third-order valence-electron chi connectivity index (χ3n) is 4.43. The first-order chi connectivity index (χ1) is 10.8. The van der Waals surface area contributed by atoms with E-state index in [1.165, 1.54) is 6.07 Å². The van der Waals surface area contributed by atoms with Crippen molar-refractivity contribution in [1.29, 1.82) is 0 Å². The Kier molecular flexibility index (Phi) is 4.32. The van der Waals surface area contributed by atoms with Crippen molar-refractivity contribution in [2.24, 2.45) is 0 Å². The Morgan fingerprint density at radius 2 is 1.87 bits per heavy atom. The average molecular weight is 320 g/mol. The summed E-state index contributed by atoms with van der Waals surface area (Å²) < 4.78 is 19.0. The molecule has 2 N–H and O–H groups in total. The molecule has 2 aliphatic rings. The number of ether oxygens (including phenoxy) is 1. The highest BCUT2D eigenvalue weighted by Gasteiger charge is 2.43. The van der Waals surface area contributed by atoms with Crippen LogP contribution in [0.2, 0.25) is 0 Å². The third-order valence-corrected chi connectivity index (χ3v) is 4.43. The number of benzene rings is 1. The molecule has 0 saturated heterocycles. The van der Waals surface area contributed by atoms with Crippen LogP contribution in [0.3, 0.4) is 0 Å². The monoisotopic (exact) mass is 320 g/mol. The Morgan fingerprint density at radius 3 is 2.52 bits per heavy atom. The fraction of sp³-hybridized carbons (Fsp3) is 0.611. The molecular formula is C18H25FN2O2. The predicted octanol–water partition coefficient (Wildman–Crippen LogP) is 3.33. The second-order valence-corrected chi connectivity index (χ2v) is 7.65. The van der Waals surface area contributed by atoms with E-state index in [9.17, 15) is 9.18 Å². The SMILES string of the molecule is CC(C)(C)OC(=O)NC1CC1NC1CC(c2ccccc2F)C1. The van der Waals surface area contributed by atoms with Crippen molar-refractivity contribution in [2.45, 2.75) is 69.7 Å². The van der Waals surface area contributed by atoms with Gasteiger partial charge in [0.25, 0.3) is 0 Å². The van der Waals surface area contributed by atoms with Crippen LogP contribution in [-0.4, -0.2) is 29.8 Å². The molecule has 2 saturated carbocycles. The summed E-state index contributed by atoms with van der Waals surface area (Å²) in [5.74, 6) is 0.205. The van der Waals surface area contributed by atoms with Gasteiger partial charge in [0.1, 0.15) is 11.4 Å². The van der Waals surface area contributed by atoms with Gasteiger partial charge >= 0.3 is 6.09 Å². The standard InChI is InChI=1S/C18H25FN2O2/c1-18(2,3)23-17(22)21-16-10-15(16)20-12-8-11(9-12)13-6-4-5-7-14(13)19/h4-7,11-12,15-16,20H,8-10H2,1-3H3,(H,21,22). The summed E-state index contributed by atoms with van der Waals surface area (Å²) in [4.78, 5) is 11.7. The van der Waals surface area contributed by atoms with Gasteiger partial charge in [-0.2, -0.15) is 0 Å². The molecule has 2 fully saturated rings.